The van der Waals surface area contributed by atoms with Crippen molar-refractivity contribution in [3.63, 3.8) is 0 Å². The molecule has 4 atom stereocenters. The maximum atomic E-state index is 12.8. The maximum Gasteiger partial charge on any atom is 0.351 e. The Labute approximate surface area is 188 Å². The van der Waals surface area contributed by atoms with Gasteiger partial charge in [-0.15, -0.1) is 0 Å². The molecule has 0 aliphatic carbocycles. The first-order valence-electron chi connectivity index (χ1n) is 9.99. The van der Waals surface area contributed by atoms with E-state index in [1.165, 1.54) is 42.3 Å². The highest BCUT2D eigenvalue weighted by molar-refractivity contribution is 7.89. The molecule has 178 valence electrons. The molecule has 0 saturated carbocycles. The van der Waals surface area contributed by atoms with Gasteiger partial charge in [-0.25, -0.2) is 17.9 Å². The first kappa shape index (κ1) is 23.1. The number of amides is 1. The van der Waals surface area contributed by atoms with E-state index >= 15 is 0 Å². The van der Waals surface area contributed by atoms with Crippen molar-refractivity contribution in [2.24, 2.45) is 0 Å². The van der Waals surface area contributed by atoms with Crippen LogP contribution in [0.4, 0.5) is 11.5 Å². The van der Waals surface area contributed by atoms with E-state index in [-0.39, 0.29) is 16.6 Å². The van der Waals surface area contributed by atoms with Crippen molar-refractivity contribution < 1.29 is 32.9 Å². The molecule has 33 heavy (non-hydrogen) atoms. The molecular formula is C19H23N5O8S. The predicted octanol–water partition coefficient (Wildman–Crippen LogP) is -1.83. The summed E-state index contributed by atoms with van der Waals surface area (Å²) in [5.41, 5.74) is 4.99. The molecule has 14 heteroatoms. The van der Waals surface area contributed by atoms with Crippen molar-refractivity contribution in [2.75, 3.05) is 30.3 Å². The van der Waals surface area contributed by atoms with Crippen LogP contribution in [0.25, 0.3) is 0 Å². The first-order chi connectivity index (χ1) is 15.6. The summed E-state index contributed by atoms with van der Waals surface area (Å²) in [5, 5.41) is 20.6. The molecule has 4 rings (SSSR count). The molecule has 2 aliphatic rings. The average Bonchev–Trinajstić information content (AvgIpc) is 3.05. The number of aromatic nitrogens is 2. The number of hydrogen-bond acceptors (Lipinski definition) is 10. The summed E-state index contributed by atoms with van der Waals surface area (Å²) >= 11 is 0. The van der Waals surface area contributed by atoms with Gasteiger partial charge in [-0.05, 0) is 24.3 Å². The Kier molecular flexibility index (Phi) is 6.11. The van der Waals surface area contributed by atoms with Crippen LogP contribution in [0.2, 0.25) is 0 Å². The van der Waals surface area contributed by atoms with Gasteiger partial charge in [0.25, 0.3) is 0 Å². The quantitative estimate of drug-likeness (QED) is 0.378. The van der Waals surface area contributed by atoms with Crippen molar-refractivity contribution in [2.45, 2.75) is 36.4 Å². The zero-order valence-electron chi connectivity index (χ0n) is 17.5. The Morgan fingerprint density at radius 3 is 2.76 bits per heavy atom. The van der Waals surface area contributed by atoms with Gasteiger partial charge in [0.05, 0.1) is 17.1 Å². The van der Waals surface area contributed by atoms with Crippen LogP contribution < -0.4 is 25.8 Å². The standard InChI is InChI=1S/C19H23N5O8S/c1-10(25)23-6-7-31-13-3-2-11(8-12(13)23)33(29,30)21-9-14-16(26)17(27)18(32-14)24-5-4-15(20)22-19(24)28/h2-5,8,14,16-18,21,26-27H,6-7,9H2,1H3,(H2,20,22,28)/t14-,16-,17-,18-/m1/s1. The number of benzene rings is 1. The highest BCUT2D eigenvalue weighted by Crippen LogP contribution is 2.34. The number of aliphatic hydroxyl groups is 2. The fourth-order valence-corrected chi connectivity index (χ4v) is 4.78. The highest BCUT2D eigenvalue weighted by atomic mass is 32.2. The Hall–Kier alpha value is -3.04. The predicted molar refractivity (Wildman–Crippen MR) is 114 cm³/mol. The van der Waals surface area contributed by atoms with Gasteiger partial charge in [-0.2, -0.15) is 4.98 Å². The van der Waals surface area contributed by atoms with E-state index in [0.717, 1.165) is 4.57 Å². The number of aliphatic hydroxyl groups excluding tert-OH is 2. The molecule has 1 aromatic heterocycles. The van der Waals surface area contributed by atoms with Crippen LogP contribution in [-0.4, -0.2) is 72.1 Å². The van der Waals surface area contributed by atoms with E-state index in [2.05, 4.69) is 9.71 Å². The van der Waals surface area contributed by atoms with Crippen LogP contribution in [-0.2, 0) is 19.6 Å². The smallest absolute Gasteiger partial charge is 0.351 e. The van der Waals surface area contributed by atoms with Crippen LogP contribution in [0, 0.1) is 0 Å². The summed E-state index contributed by atoms with van der Waals surface area (Å²) < 4.78 is 40.0. The normalized spacial score (nSPS) is 24.9. The van der Waals surface area contributed by atoms with E-state index in [0.29, 0.717) is 24.6 Å². The Bertz CT molecular complexity index is 1230. The second-order valence-electron chi connectivity index (χ2n) is 7.59. The lowest BCUT2D eigenvalue weighted by atomic mass is 10.1. The van der Waals surface area contributed by atoms with Crippen molar-refractivity contribution in [3.8, 4) is 5.75 Å². The summed E-state index contributed by atoms with van der Waals surface area (Å²) in [7, 11) is -4.08. The van der Waals surface area contributed by atoms with Gasteiger partial charge in [0.2, 0.25) is 15.9 Å². The second-order valence-corrected chi connectivity index (χ2v) is 9.36. The molecule has 1 aromatic carbocycles. The first-order valence-corrected chi connectivity index (χ1v) is 11.5. The monoisotopic (exact) mass is 481 g/mol. The van der Waals surface area contributed by atoms with Gasteiger partial charge in [0.15, 0.2) is 6.23 Å². The van der Waals surface area contributed by atoms with Gasteiger partial charge in [0, 0.05) is 19.7 Å². The number of sulfonamides is 1. The third-order valence-electron chi connectivity index (χ3n) is 5.42. The minimum atomic E-state index is -4.08. The third-order valence-corrected chi connectivity index (χ3v) is 6.84. The molecule has 0 spiro atoms. The molecule has 2 aliphatic heterocycles. The molecule has 0 unspecified atom stereocenters. The summed E-state index contributed by atoms with van der Waals surface area (Å²) in [6, 6.07) is 5.43. The molecule has 1 saturated heterocycles. The molecular weight excluding hydrogens is 458 g/mol. The van der Waals surface area contributed by atoms with E-state index in [1.54, 1.807) is 0 Å². The van der Waals surface area contributed by atoms with Gasteiger partial charge < -0.3 is 30.3 Å². The number of carbonyl (C=O) groups is 1. The van der Waals surface area contributed by atoms with Crippen molar-refractivity contribution in [1.29, 1.82) is 0 Å². The average molecular weight is 481 g/mol. The van der Waals surface area contributed by atoms with Crippen LogP contribution in [0.1, 0.15) is 13.2 Å². The van der Waals surface area contributed by atoms with Crippen LogP contribution >= 0.6 is 0 Å². The van der Waals surface area contributed by atoms with Crippen LogP contribution in [0.15, 0.2) is 40.2 Å². The lowest BCUT2D eigenvalue weighted by Gasteiger charge is -2.29. The van der Waals surface area contributed by atoms with Crippen LogP contribution in [0.5, 0.6) is 5.75 Å². The number of nitrogens with zero attached hydrogens (tertiary/aromatic N) is 3. The van der Waals surface area contributed by atoms with Gasteiger partial charge >= 0.3 is 5.69 Å². The number of fused-ring (bicyclic) bond motifs is 1. The number of hydrogen-bond donors (Lipinski definition) is 4. The molecule has 0 bridgehead atoms. The number of nitrogens with one attached hydrogen (secondary N) is 1. The zero-order valence-corrected chi connectivity index (χ0v) is 18.3. The molecule has 0 radical (unpaired) electrons. The van der Waals surface area contributed by atoms with Gasteiger partial charge in [-0.1, -0.05) is 0 Å². The summed E-state index contributed by atoms with van der Waals surface area (Å²) in [5.74, 6) is 0.114. The Morgan fingerprint density at radius 1 is 1.30 bits per heavy atom. The summed E-state index contributed by atoms with van der Waals surface area (Å²) in [6.07, 6.45) is -4.16. The van der Waals surface area contributed by atoms with E-state index in [9.17, 15) is 28.2 Å². The van der Waals surface area contributed by atoms with E-state index < -0.39 is 46.8 Å². The molecule has 1 fully saturated rings. The number of rotatable bonds is 5. The number of nitrogens with two attached hydrogens (primary N) is 1. The Balaban J connectivity index is 1.50. The van der Waals surface area contributed by atoms with Crippen LogP contribution in [0.3, 0.4) is 0 Å². The lowest BCUT2D eigenvalue weighted by molar-refractivity contribution is -0.116. The van der Waals surface area contributed by atoms with E-state index in [1.807, 2.05) is 0 Å². The fourth-order valence-electron chi connectivity index (χ4n) is 3.71. The van der Waals surface area contributed by atoms with Gasteiger partial charge in [-0.3, -0.25) is 9.36 Å². The number of nitrogen functional groups attached to an aromatic ring is 1. The lowest BCUT2D eigenvalue weighted by Crippen LogP contribution is -2.40. The largest absolute Gasteiger partial charge is 0.490 e. The van der Waals surface area contributed by atoms with Crippen molar-refractivity contribution in [1.82, 2.24) is 14.3 Å². The van der Waals surface area contributed by atoms with Crippen molar-refractivity contribution in [3.05, 3.63) is 40.9 Å². The second kappa shape index (κ2) is 8.72. The maximum absolute atomic E-state index is 12.8. The number of anilines is 2. The minimum Gasteiger partial charge on any atom is -0.490 e. The summed E-state index contributed by atoms with van der Waals surface area (Å²) in [4.78, 5) is 28.7. The Morgan fingerprint density at radius 2 is 2.06 bits per heavy atom. The topological polar surface area (TPSA) is 186 Å². The molecule has 1 amide bonds. The molecule has 2 aromatic rings. The highest BCUT2D eigenvalue weighted by Gasteiger charge is 2.44. The molecule has 13 nitrogen and oxygen atoms in total. The zero-order chi connectivity index (χ0) is 23.9. The van der Waals surface area contributed by atoms with Crippen molar-refractivity contribution >= 4 is 27.4 Å². The minimum absolute atomic E-state index is 0.0209. The number of carbonyl (C=O) groups excluding carboxylic acids is 1. The summed E-state index contributed by atoms with van der Waals surface area (Å²) in [6.45, 7) is 1.57. The molecule has 5 N–H and O–H groups in total. The fraction of sp³-hybridized carbons (Fsp3) is 0.421. The van der Waals surface area contributed by atoms with Gasteiger partial charge in [0.1, 0.15) is 36.5 Å². The number of ether oxygens (including phenoxy) is 2. The van der Waals surface area contributed by atoms with E-state index in [4.69, 9.17) is 15.2 Å². The third kappa shape index (κ3) is 4.43. The SMILES string of the molecule is CC(=O)N1CCOc2ccc(S(=O)(=O)NC[C@H]3O[C@@H](n4ccc(N)nc4=O)[C@H](O)[C@@H]3O)cc21. The molecule has 3 heterocycles.